The Morgan fingerprint density at radius 1 is 1.21 bits per heavy atom. The average molecular weight is 423 g/mol. The number of aryl methyl sites for hydroxylation is 1. The third-order valence-corrected chi connectivity index (χ3v) is 6.71. The van der Waals surface area contributed by atoms with Gasteiger partial charge in [-0.05, 0) is 36.5 Å². The van der Waals surface area contributed by atoms with Crippen molar-refractivity contribution in [2.24, 2.45) is 13.0 Å². The predicted molar refractivity (Wildman–Crippen MR) is 106 cm³/mol. The van der Waals surface area contributed by atoms with E-state index in [1.807, 2.05) is 0 Å². The predicted octanol–water partition coefficient (Wildman–Crippen LogP) is 3.32. The van der Waals surface area contributed by atoms with Crippen molar-refractivity contribution in [3.8, 4) is 0 Å². The summed E-state index contributed by atoms with van der Waals surface area (Å²) in [6.07, 6.45) is 0.144. The molecule has 0 bridgehead atoms. The highest BCUT2D eigenvalue weighted by Crippen LogP contribution is 2.34. The first kappa shape index (κ1) is 21.2. The van der Waals surface area contributed by atoms with E-state index in [9.17, 15) is 22.0 Å². The van der Waals surface area contributed by atoms with Gasteiger partial charge in [0.1, 0.15) is 12.3 Å². The van der Waals surface area contributed by atoms with Gasteiger partial charge in [-0.3, -0.25) is 9.48 Å². The van der Waals surface area contributed by atoms with Gasteiger partial charge in [-0.25, -0.2) is 17.2 Å². The maximum atomic E-state index is 13.6. The first-order chi connectivity index (χ1) is 13.7. The van der Waals surface area contributed by atoms with Gasteiger partial charge >= 0.3 is 0 Å². The molecular formula is C20H23F2N3O3S. The van der Waals surface area contributed by atoms with Gasteiger partial charge in [-0.1, -0.05) is 25.1 Å². The zero-order chi connectivity index (χ0) is 21.2. The second kappa shape index (κ2) is 8.44. The number of hydrogen-bond donors (Lipinski definition) is 1. The summed E-state index contributed by atoms with van der Waals surface area (Å²) in [7, 11) is -1.67. The Bertz CT molecular complexity index is 1010. The van der Waals surface area contributed by atoms with Crippen molar-refractivity contribution < 1.29 is 22.0 Å². The Labute approximate surface area is 168 Å². The summed E-state index contributed by atoms with van der Waals surface area (Å²) in [5, 5.41) is 6.77. The van der Waals surface area contributed by atoms with E-state index in [2.05, 4.69) is 10.4 Å². The molecule has 1 fully saturated rings. The number of halogens is 2. The van der Waals surface area contributed by atoms with Gasteiger partial charge in [0.2, 0.25) is 0 Å². The largest absolute Gasteiger partial charge is 0.305 e. The molecule has 9 heteroatoms. The summed E-state index contributed by atoms with van der Waals surface area (Å²) >= 11 is 0. The summed E-state index contributed by atoms with van der Waals surface area (Å²) < 4.78 is 52.8. The van der Waals surface area contributed by atoms with Crippen LogP contribution in [-0.4, -0.2) is 42.2 Å². The molecule has 0 spiro atoms. The standard InChI is InChI=1S/C20H23F2N3O3S/c1-3-29(27,28)15-6-4-14(5-7-15)16(10-13-11-17(21)18(22)12-13)20(26)23-19-8-9-25(2)24-19/h4-10,13,17-18H,3,11-12H2,1-2H3,(H,23,24,26)/t13?,17-,18+. The third-order valence-electron chi connectivity index (χ3n) is 4.95. The normalized spacial score (nSPS) is 22.6. The van der Waals surface area contributed by atoms with Crippen LogP contribution in [0.25, 0.3) is 5.57 Å². The van der Waals surface area contributed by atoms with Gasteiger partial charge in [0.05, 0.1) is 10.6 Å². The fourth-order valence-corrected chi connectivity index (χ4v) is 4.20. The van der Waals surface area contributed by atoms with Crippen LogP contribution in [0.5, 0.6) is 0 Å². The van der Waals surface area contributed by atoms with Crippen molar-refractivity contribution in [3.05, 3.63) is 48.2 Å². The maximum absolute atomic E-state index is 13.6. The summed E-state index contributed by atoms with van der Waals surface area (Å²) in [6, 6.07) is 7.54. The molecule has 1 aliphatic rings. The molecule has 3 atom stereocenters. The number of anilines is 1. The van der Waals surface area contributed by atoms with Crippen LogP contribution < -0.4 is 5.32 Å². The number of benzene rings is 1. The number of nitrogens with one attached hydrogen (secondary N) is 1. The van der Waals surface area contributed by atoms with Crippen LogP contribution in [0, 0.1) is 5.92 Å². The van der Waals surface area contributed by atoms with E-state index >= 15 is 0 Å². The van der Waals surface area contributed by atoms with Crippen LogP contribution in [0.15, 0.2) is 47.5 Å². The number of carbonyl (C=O) groups is 1. The second-order valence-corrected chi connectivity index (χ2v) is 9.38. The van der Waals surface area contributed by atoms with Crippen molar-refractivity contribution in [3.63, 3.8) is 0 Å². The molecule has 1 aromatic heterocycles. The molecule has 0 saturated heterocycles. The van der Waals surface area contributed by atoms with Crippen molar-refractivity contribution in [2.75, 3.05) is 11.1 Å². The van der Waals surface area contributed by atoms with Crippen LogP contribution in [-0.2, 0) is 21.7 Å². The number of amides is 1. The smallest absolute Gasteiger partial charge is 0.257 e. The molecule has 0 radical (unpaired) electrons. The molecule has 2 aromatic rings. The van der Waals surface area contributed by atoms with Crippen LogP contribution in [0.3, 0.4) is 0 Å². The average Bonchev–Trinajstić information content (AvgIpc) is 3.24. The Kier molecular flexibility index (Phi) is 6.16. The highest BCUT2D eigenvalue weighted by Gasteiger charge is 2.34. The Morgan fingerprint density at radius 3 is 2.34 bits per heavy atom. The highest BCUT2D eigenvalue weighted by molar-refractivity contribution is 7.91. The second-order valence-electron chi connectivity index (χ2n) is 7.10. The van der Waals surface area contributed by atoms with Gasteiger partial charge in [0.15, 0.2) is 15.7 Å². The molecule has 0 aliphatic heterocycles. The van der Waals surface area contributed by atoms with Gasteiger partial charge in [0, 0.05) is 24.9 Å². The molecular weight excluding hydrogens is 400 g/mol. The molecule has 1 heterocycles. The van der Waals surface area contributed by atoms with E-state index < -0.39 is 34.0 Å². The Hall–Kier alpha value is -2.55. The van der Waals surface area contributed by atoms with Crippen LogP contribution in [0.1, 0.15) is 25.3 Å². The summed E-state index contributed by atoms with van der Waals surface area (Å²) in [6.45, 7) is 1.55. The molecule has 3 rings (SSSR count). The summed E-state index contributed by atoms with van der Waals surface area (Å²) in [4.78, 5) is 13.0. The number of nitrogens with zero attached hydrogens (tertiary/aromatic N) is 2. The summed E-state index contributed by atoms with van der Waals surface area (Å²) in [5.41, 5.74) is 0.689. The van der Waals surface area contributed by atoms with Gasteiger partial charge in [-0.2, -0.15) is 5.10 Å². The number of allylic oxidation sites excluding steroid dienone is 1. The zero-order valence-electron chi connectivity index (χ0n) is 16.2. The number of sulfone groups is 1. The minimum atomic E-state index is -3.38. The minimum Gasteiger partial charge on any atom is -0.305 e. The molecule has 1 aliphatic carbocycles. The van der Waals surface area contributed by atoms with Crippen molar-refractivity contribution in [2.45, 2.75) is 37.0 Å². The van der Waals surface area contributed by atoms with Crippen LogP contribution in [0.2, 0.25) is 0 Å². The van der Waals surface area contributed by atoms with E-state index in [-0.39, 0.29) is 29.1 Å². The molecule has 6 nitrogen and oxygen atoms in total. The third kappa shape index (κ3) is 4.90. The number of carbonyl (C=O) groups excluding carboxylic acids is 1. The Balaban J connectivity index is 1.93. The molecule has 1 saturated carbocycles. The lowest BCUT2D eigenvalue weighted by molar-refractivity contribution is -0.111. The molecule has 1 N–H and O–H groups in total. The highest BCUT2D eigenvalue weighted by atomic mass is 32.2. The van der Waals surface area contributed by atoms with Gasteiger partial charge in [-0.15, -0.1) is 0 Å². The van der Waals surface area contributed by atoms with E-state index in [4.69, 9.17) is 0 Å². The molecule has 1 amide bonds. The topological polar surface area (TPSA) is 81.1 Å². The lowest BCUT2D eigenvalue weighted by Crippen LogP contribution is -2.15. The van der Waals surface area contributed by atoms with E-state index in [0.717, 1.165) is 0 Å². The number of hydrogen-bond acceptors (Lipinski definition) is 4. The quantitative estimate of drug-likeness (QED) is 0.723. The van der Waals surface area contributed by atoms with Crippen molar-refractivity contribution >= 4 is 27.1 Å². The zero-order valence-corrected chi connectivity index (χ0v) is 17.0. The fourth-order valence-electron chi connectivity index (χ4n) is 3.32. The number of rotatable bonds is 6. The molecule has 156 valence electrons. The van der Waals surface area contributed by atoms with E-state index in [0.29, 0.717) is 11.4 Å². The van der Waals surface area contributed by atoms with Crippen molar-refractivity contribution in [1.29, 1.82) is 0 Å². The van der Waals surface area contributed by atoms with Crippen LogP contribution >= 0.6 is 0 Å². The first-order valence-electron chi connectivity index (χ1n) is 9.33. The SMILES string of the molecule is CCS(=O)(=O)c1ccc(C(=CC2C[C@@H](F)[C@@H](F)C2)C(=O)Nc2ccn(C)n2)cc1. The van der Waals surface area contributed by atoms with Gasteiger partial charge < -0.3 is 5.32 Å². The number of aromatic nitrogens is 2. The molecule has 1 aromatic carbocycles. The Morgan fingerprint density at radius 2 is 1.83 bits per heavy atom. The summed E-state index contributed by atoms with van der Waals surface area (Å²) in [5.74, 6) is -0.602. The van der Waals surface area contributed by atoms with Gasteiger partial charge in [0.25, 0.3) is 5.91 Å². The maximum Gasteiger partial charge on any atom is 0.257 e. The van der Waals surface area contributed by atoms with Crippen molar-refractivity contribution in [1.82, 2.24) is 9.78 Å². The fraction of sp³-hybridized carbons (Fsp3) is 0.400. The number of alkyl halides is 2. The lowest BCUT2D eigenvalue weighted by atomic mass is 9.98. The first-order valence-corrected chi connectivity index (χ1v) is 11.0. The monoisotopic (exact) mass is 423 g/mol. The van der Waals surface area contributed by atoms with E-state index in [1.165, 1.54) is 28.9 Å². The lowest BCUT2D eigenvalue weighted by Gasteiger charge is -2.12. The molecule has 1 unspecified atom stereocenters. The van der Waals surface area contributed by atoms with E-state index in [1.54, 1.807) is 32.3 Å². The van der Waals surface area contributed by atoms with Crippen LogP contribution in [0.4, 0.5) is 14.6 Å². The minimum absolute atomic E-state index is 0.00380. The molecule has 29 heavy (non-hydrogen) atoms.